The normalized spacial score (nSPS) is 31.1. The van der Waals surface area contributed by atoms with Crippen molar-refractivity contribution in [1.82, 2.24) is 0 Å². The maximum Gasteiger partial charge on any atom is 0.0465 e. The van der Waals surface area contributed by atoms with Gasteiger partial charge in [-0.2, -0.15) is 0 Å². The van der Waals surface area contributed by atoms with Gasteiger partial charge in [0.15, 0.2) is 0 Å². The molecule has 14 heavy (non-hydrogen) atoms. The van der Waals surface area contributed by atoms with Crippen LogP contribution in [-0.2, 0) is 0 Å². The molecule has 0 saturated heterocycles. The van der Waals surface area contributed by atoms with Crippen molar-refractivity contribution in [2.24, 2.45) is 16.8 Å². The van der Waals surface area contributed by atoms with Gasteiger partial charge in [-0.3, -0.25) is 4.99 Å². The first-order chi connectivity index (χ1) is 6.65. The molecule has 0 aromatic heterocycles. The number of allylic oxidation sites excluding steroid dienone is 4. The largest absolute Gasteiger partial charge is 0.288 e. The van der Waals surface area contributed by atoms with Crippen molar-refractivity contribution in [2.45, 2.75) is 20.8 Å². The zero-order valence-electron chi connectivity index (χ0n) is 9.17. The molecule has 0 N–H and O–H groups in total. The van der Waals surface area contributed by atoms with Gasteiger partial charge >= 0.3 is 0 Å². The van der Waals surface area contributed by atoms with Gasteiger partial charge in [0.1, 0.15) is 0 Å². The molecule has 1 heterocycles. The van der Waals surface area contributed by atoms with Gasteiger partial charge in [-0.25, -0.2) is 0 Å². The number of rotatable bonds is 1. The molecule has 1 heteroatoms. The Morgan fingerprint density at radius 1 is 1.43 bits per heavy atom. The van der Waals surface area contributed by atoms with Gasteiger partial charge in [-0.15, -0.1) is 0 Å². The summed E-state index contributed by atoms with van der Waals surface area (Å²) in [5.41, 5.74) is 5.51. The summed E-state index contributed by atoms with van der Waals surface area (Å²) in [4.78, 5) is 4.54. The minimum atomic E-state index is 0.510. The molecule has 2 aliphatic rings. The van der Waals surface area contributed by atoms with Gasteiger partial charge < -0.3 is 0 Å². The third-order valence-corrected chi connectivity index (χ3v) is 3.55. The quantitative estimate of drug-likeness (QED) is 0.598. The van der Waals surface area contributed by atoms with Crippen LogP contribution in [0.2, 0.25) is 0 Å². The highest BCUT2D eigenvalue weighted by molar-refractivity contribution is 6.00. The average Bonchev–Trinajstić information content (AvgIpc) is 2.57. The standard InChI is InChI=1S/C13H17N/c1-5-12-13-10(4)9(3)8(2)6-11(13)7-14-12/h5-6,11,13H,1,7H2,2-4H3. The second-order valence-electron chi connectivity index (χ2n) is 4.27. The lowest BCUT2D eigenvalue weighted by molar-refractivity contribution is 0.596. The van der Waals surface area contributed by atoms with E-state index in [0.29, 0.717) is 11.8 Å². The maximum absolute atomic E-state index is 4.54. The molecule has 0 spiro atoms. The van der Waals surface area contributed by atoms with E-state index < -0.39 is 0 Å². The predicted molar refractivity (Wildman–Crippen MR) is 61.6 cm³/mol. The third-order valence-electron chi connectivity index (χ3n) is 3.55. The number of hydrogen-bond acceptors (Lipinski definition) is 1. The maximum atomic E-state index is 4.54. The van der Waals surface area contributed by atoms with E-state index in [1.807, 2.05) is 6.08 Å². The van der Waals surface area contributed by atoms with Crippen molar-refractivity contribution in [1.29, 1.82) is 0 Å². The number of fused-ring (bicyclic) bond motifs is 1. The highest BCUT2D eigenvalue weighted by atomic mass is 14.8. The Labute approximate surface area is 85.9 Å². The first kappa shape index (κ1) is 9.45. The zero-order chi connectivity index (χ0) is 10.3. The van der Waals surface area contributed by atoms with Crippen LogP contribution in [0.3, 0.4) is 0 Å². The van der Waals surface area contributed by atoms with Gasteiger partial charge in [-0.1, -0.05) is 23.8 Å². The lowest BCUT2D eigenvalue weighted by atomic mass is 9.77. The van der Waals surface area contributed by atoms with Crippen LogP contribution in [0.5, 0.6) is 0 Å². The summed E-state index contributed by atoms with van der Waals surface area (Å²) in [5, 5.41) is 0. The first-order valence-corrected chi connectivity index (χ1v) is 5.18. The van der Waals surface area contributed by atoms with Crippen LogP contribution < -0.4 is 0 Å². The second-order valence-corrected chi connectivity index (χ2v) is 4.27. The second kappa shape index (κ2) is 3.23. The summed E-state index contributed by atoms with van der Waals surface area (Å²) in [5.74, 6) is 1.10. The highest BCUT2D eigenvalue weighted by Crippen LogP contribution is 2.38. The van der Waals surface area contributed by atoms with Gasteiger partial charge in [0, 0.05) is 24.1 Å². The summed E-state index contributed by atoms with van der Waals surface area (Å²) in [6, 6.07) is 0. The van der Waals surface area contributed by atoms with Crippen molar-refractivity contribution in [3.05, 3.63) is 35.5 Å². The summed E-state index contributed by atoms with van der Waals surface area (Å²) in [6.07, 6.45) is 4.28. The molecule has 74 valence electrons. The molecule has 0 aromatic rings. The van der Waals surface area contributed by atoms with E-state index in [1.165, 1.54) is 22.4 Å². The Morgan fingerprint density at radius 3 is 2.79 bits per heavy atom. The van der Waals surface area contributed by atoms with Crippen molar-refractivity contribution >= 4 is 5.71 Å². The molecule has 0 amide bonds. The van der Waals surface area contributed by atoms with Crippen LogP contribution in [0, 0.1) is 11.8 Å². The molecular weight excluding hydrogens is 170 g/mol. The molecular formula is C13H17N. The van der Waals surface area contributed by atoms with Gasteiger partial charge in [0.2, 0.25) is 0 Å². The number of hydrogen-bond donors (Lipinski definition) is 0. The van der Waals surface area contributed by atoms with E-state index in [9.17, 15) is 0 Å². The highest BCUT2D eigenvalue weighted by Gasteiger charge is 2.33. The van der Waals surface area contributed by atoms with Crippen molar-refractivity contribution < 1.29 is 0 Å². The van der Waals surface area contributed by atoms with Crippen molar-refractivity contribution in [2.75, 3.05) is 6.54 Å². The van der Waals surface area contributed by atoms with E-state index in [0.717, 1.165) is 6.54 Å². The lowest BCUT2D eigenvalue weighted by Crippen LogP contribution is -2.22. The fourth-order valence-corrected chi connectivity index (χ4v) is 2.51. The molecule has 2 atom stereocenters. The van der Waals surface area contributed by atoms with E-state index in [1.54, 1.807) is 0 Å². The van der Waals surface area contributed by atoms with Crippen LogP contribution in [0.25, 0.3) is 0 Å². The minimum absolute atomic E-state index is 0.510. The summed E-state index contributed by atoms with van der Waals surface area (Å²) >= 11 is 0. The fourth-order valence-electron chi connectivity index (χ4n) is 2.51. The Morgan fingerprint density at radius 2 is 2.14 bits per heavy atom. The van der Waals surface area contributed by atoms with Gasteiger partial charge in [0.05, 0.1) is 0 Å². The van der Waals surface area contributed by atoms with E-state index >= 15 is 0 Å². The Kier molecular flexibility index (Phi) is 2.18. The van der Waals surface area contributed by atoms with E-state index in [4.69, 9.17) is 0 Å². The summed E-state index contributed by atoms with van der Waals surface area (Å²) < 4.78 is 0. The van der Waals surface area contributed by atoms with Crippen LogP contribution >= 0.6 is 0 Å². The molecule has 0 bridgehead atoms. The number of nitrogens with zero attached hydrogens (tertiary/aromatic N) is 1. The Hall–Kier alpha value is -1.11. The summed E-state index contributed by atoms with van der Waals surface area (Å²) in [7, 11) is 0. The average molecular weight is 187 g/mol. The van der Waals surface area contributed by atoms with E-state index in [-0.39, 0.29) is 0 Å². The topological polar surface area (TPSA) is 12.4 Å². The minimum Gasteiger partial charge on any atom is -0.288 e. The SMILES string of the molecule is C=CC1=NCC2C=C(C)C(C)=C(C)C12. The van der Waals surface area contributed by atoms with Crippen LogP contribution in [0.1, 0.15) is 20.8 Å². The van der Waals surface area contributed by atoms with Crippen molar-refractivity contribution in [3.63, 3.8) is 0 Å². The zero-order valence-corrected chi connectivity index (χ0v) is 9.17. The van der Waals surface area contributed by atoms with Crippen LogP contribution in [0.15, 0.2) is 40.4 Å². The van der Waals surface area contributed by atoms with Gasteiger partial charge in [-0.05, 0) is 32.4 Å². The molecule has 2 rings (SSSR count). The molecule has 1 aliphatic heterocycles. The fraction of sp³-hybridized carbons (Fsp3) is 0.462. The molecule has 0 aromatic carbocycles. The monoisotopic (exact) mass is 187 g/mol. The Balaban J connectivity index is 2.43. The van der Waals surface area contributed by atoms with Crippen molar-refractivity contribution in [3.8, 4) is 0 Å². The lowest BCUT2D eigenvalue weighted by Gasteiger charge is -2.26. The molecule has 1 nitrogen and oxygen atoms in total. The molecule has 0 fully saturated rings. The summed E-state index contributed by atoms with van der Waals surface area (Å²) in [6.45, 7) is 11.4. The smallest absolute Gasteiger partial charge is 0.0465 e. The molecule has 2 unspecified atom stereocenters. The molecule has 0 radical (unpaired) electrons. The molecule has 0 saturated carbocycles. The molecule has 1 aliphatic carbocycles. The van der Waals surface area contributed by atoms with Crippen LogP contribution in [-0.4, -0.2) is 12.3 Å². The third kappa shape index (κ3) is 1.19. The van der Waals surface area contributed by atoms with Crippen LogP contribution in [0.4, 0.5) is 0 Å². The van der Waals surface area contributed by atoms with Gasteiger partial charge in [0.25, 0.3) is 0 Å². The van der Waals surface area contributed by atoms with E-state index in [2.05, 4.69) is 38.4 Å². The number of aliphatic imine (C=N–C) groups is 1. The first-order valence-electron chi connectivity index (χ1n) is 5.18. The Bertz CT molecular complexity index is 369. The predicted octanol–water partition coefficient (Wildman–Crippen LogP) is 3.16.